The van der Waals surface area contributed by atoms with Crippen LogP contribution in [-0.2, 0) is 21.4 Å². The molecule has 20 heavy (non-hydrogen) atoms. The van der Waals surface area contributed by atoms with Crippen molar-refractivity contribution in [1.29, 1.82) is 0 Å². The summed E-state index contributed by atoms with van der Waals surface area (Å²) >= 11 is 0. The molecule has 6 nitrogen and oxygen atoms in total. The molecule has 1 amide bonds. The van der Waals surface area contributed by atoms with Crippen molar-refractivity contribution in [3.8, 4) is 0 Å². The second-order valence-corrected chi connectivity index (χ2v) is 7.11. The van der Waals surface area contributed by atoms with Crippen LogP contribution in [0.5, 0.6) is 0 Å². The van der Waals surface area contributed by atoms with Crippen molar-refractivity contribution < 1.29 is 13.2 Å². The van der Waals surface area contributed by atoms with E-state index in [0.29, 0.717) is 5.56 Å². The van der Waals surface area contributed by atoms with Crippen molar-refractivity contribution >= 4 is 15.9 Å². The summed E-state index contributed by atoms with van der Waals surface area (Å²) in [6.07, 6.45) is 0. The number of hydrogen-bond donors (Lipinski definition) is 3. The molecule has 1 aromatic carbocycles. The maximum absolute atomic E-state index is 12.3. The van der Waals surface area contributed by atoms with Crippen molar-refractivity contribution in [2.24, 2.45) is 16.9 Å². The molecule has 0 fully saturated rings. The zero-order valence-corrected chi connectivity index (χ0v) is 12.8. The molecule has 0 heterocycles. The summed E-state index contributed by atoms with van der Waals surface area (Å²) in [4.78, 5) is 11.4. The van der Waals surface area contributed by atoms with Crippen LogP contribution in [0.3, 0.4) is 0 Å². The van der Waals surface area contributed by atoms with Crippen molar-refractivity contribution in [1.82, 2.24) is 4.72 Å². The second kappa shape index (κ2) is 5.90. The van der Waals surface area contributed by atoms with Gasteiger partial charge in [0.2, 0.25) is 15.9 Å². The summed E-state index contributed by atoms with van der Waals surface area (Å²) in [7, 11) is -3.70. The number of carbonyl (C=O) groups is 1. The van der Waals surface area contributed by atoms with Gasteiger partial charge in [-0.25, -0.2) is 13.1 Å². The molecule has 0 bridgehead atoms. The van der Waals surface area contributed by atoms with E-state index in [1.54, 1.807) is 32.9 Å². The quantitative estimate of drug-likeness (QED) is 0.698. The fourth-order valence-electron chi connectivity index (χ4n) is 1.50. The predicted octanol–water partition coefficient (Wildman–Crippen LogP) is 0.244. The fraction of sp³-hybridized carbons (Fsp3) is 0.462. The summed E-state index contributed by atoms with van der Waals surface area (Å²) in [5.74, 6) is -0.562. The summed E-state index contributed by atoms with van der Waals surface area (Å²) in [6, 6.07) is 5.02. The number of sulfonamides is 1. The van der Waals surface area contributed by atoms with Gasteiger partial charge >= 0.3 is 0 Å². The van der Waals surface area contributed by atoms with Gasteiger partial charge in [0.25, 0.3) is 0 Å². The SMILES string of the molecule is Cc1ccc(CN)cc1S(=O)(=O)NCC(C)(C)C(N)=O. The molecule has 0 aromatic heterocycles. The summed E-state index contributed by atoms with van der Waals surface area (Å²) < 4.78 is 27.0. The molecule has 112 valence electrons. The van der Waals surface area contributed by atoms with Crippen molar-refractivity contribution in [2.45, 2.75) is 32.2 Å². The third kappa shape index (κ3) is 3.78. The molecule has 0 unspecified atom stereocenters. The van der Waals surface area contributed by atoms with Crippen LogP contribution < -0.4 is 16.2 Å². The van der Waals surface area contributed by atoms with Gasteiger partial charge in [0.05, 0.1) is 10.3 Å². The topological polar surface area (TPSA) is 115 Å². The Bertz CT molecular complexity index is 609. The lowest BCUT2D eigenvalue weighted by molar-refractivity contribution is -0.125. The first-order valence-electron chi connectivity index (χ1n) is 6.19. The highest BCUT2D eigenvalue weighted by molar-refractivity contribution is 7.89. The molecule has 5 N–H and O–H groups in total. The minimum Gasteiger partial charge on any atom is -0.369 e. The molecule has 0 atom stereocenters. The zero-order chi connectivity index (χ0) is 15.6. The number of benzene rings is 1. The molecule has 0 aliphatic rings. The molecule has 0 aliphatic carbocycles. The average Bonchev–Trinajstić information content (AvgIpc) is 2.37. The molecule has 1 aromatic rings. The van der Waals surface area contributed by atoms with Crippen LogP contribution in [0.15, 0.2) is 23.1 Å². The van der Waals surface area contributed by atoms with E-state index in [2.05, 4.69) is 4.72 Å². The van der Waals surface area contributed by atoms with Crippen LogP contribution in [0.4, 0.5) is 0 Å². The Hall–Kier alpha value is -1.44. The number of carbonyl (C=O) groups excluding carboxylic acids is 1. The van der Waals surface area contributed by atoms with Crippen molar-refractivity contribution in [2.75, 3.05) is 6.54 Å². The maximum Gasteiger partial charge on any atom is 0.240 e. The monoisotopic (exact) mass is 299 g/mol. The molecular weight excluding hydrogens is 278 g/mol. The van der Waals surface area contributed by atoms with Crippen LogP contribution >= 0.6 is 0 Å². The van der Waals surface area contributed by atoms with Gasteiger partial charge in [0.15, 0.2) is 0 Å². The van der Waals surface area contributed by atoms with Crippen LogP contribution in [-0.4, -0.2) is 20.9 Å². The minimum absolute atomic E-state index is 0.0586. The normalized spacial score (nSPS) is 12.4. The Balaban J connectivity index is 3.03. The lowest BCUT2D eigenvalue weighted by Gasteiger charge is -2.21. The van der Waals surface area contributed by atoms with Crippen LogP contribution in [0.2, 0.25) is 0 Å². The number of nitrogens with one attached hydrogen (secondary N) is 1. The molecular formula is C13H21N3O3S. The van der Waals surface area contributed by atoms with E-state index in [9.17, 15) is 13.2 Å². The first kappa shape index (κ1) is 16.6. The zero-order valence-electron chi connectivity index (χ0n) is 11.9. The van der Waals surface area contributed by atoms with Crippen LogP contribution in [0, 0.1) is 12.3 Å². The van der Waals surface area contributed by atoms with E-state index in [-0.39, 0.29) is 18.0 Å². The molecule has 0 aliphatic heterocycles. The van der Waals surface area contributed by atoms with E-state index in [1.165, 1.54) is 6.07 Å². The maximum atomic E-state index is 12.3. The fourth-order valence-corrected chi connectivity index (χ4v) is 3.01. The lowest BCUT2D eigenvalue weighted by Crippen LogP contribution is -2.42. The predicted molar refractivity (Wildman–Crippen MR) is 77.2 cm³/mol. The third-order valence-corrected chi connectivity index (χ3v) is 4.69. The first-order chi connectivity index (χ1) is 9.10. The summed E-state index contributed by atoms with van der Waals surface area (Å²) in [5, 5.41) is 0. The highest BCUT2D eigenvalue weighted by atomic mass is 32.2. The number of amides is 1. The van der Waals surface area contributed by atoms with Gasteiger partial charge in [0.1, 0.15) is 0 Å². The number of hydrogen-bond acceptors (Lipinski definition) is 4. The smallest absolute Gasteiger partial charge is 0.240 e. The molecule has 7 heteroatoms. The Morgan fingerprint density at radius 2 is 1.95 bits per heavy atom. The molecule has 0 saturated heterocycles. The van der Waals surface area contributed by atoms with E-state index >= 15 is 0 Å². The van der Waals surface area contributed by atoms with Gasteiger partial charge < -0.3 is 11.5 Å². The molecule has 1 rings (SSSR count). The highest BCUT2D eigenvalue weighted by Gasteiger charge is 2.28. The van der Waals surface area contributed by atoms with Crippen molar-refractivity contribution in [3.05, 3.63) is 29.3 Å². The van der Waals surface area contributed by atoms with Crippen LogP contribution in [0.1, 0.15) is 25.0 Å². The number of aryl methyl sites for hydroxylation is 1. The van der Waals surface area contributed by atoms with Gasteiger partial charge in [-0.15, -0.1) is 0 Å². The van der Waals surface area contributed by atoms with Gasteiger partial charge in [-0.3, -0.25) is 4.79 Å². The van der Waals surface area contributed by atoms with E-state index in [1.807, 2.05) is 0 Å². The Labute approximate surface area is 119 Å². The lowest BCUT2D eigenvalue weighted by atomic mass is 9.93. The van der Waals surface area contributed by atoms with Gasteiger partial charge in [-0.05, 0) is 38.0 Å². The first-order valence-corrected chi connectivity index (χ1v) is 7.67. The average molecular weight is 299 g/mol. The summed E-state index contributed by atoms with van der Waals surface area (Å²) in [6.45, 7) is 5.07. The minimum atomic E-state index is -3.70. The van der Waals surface area contributed by atoms with E-state index in [0.717, 1.165) is 5.56 Å². The molecule has 0 spiro atoms. The number of rotatable bonds is 6. The van der Waals surface area contributed by atoms with Gasteiger partial charge in [0, 0.05) is 13.1 Å². The Morgan fingerprint density at radius 3 is 2.45 bits per heavy atom. The largest absolute Gasteiger partial charge is 0.369 e. The Morgan fingerprint density at radius 1 is 1.35 bits per heavy atom. The second-order valence-electron chi connectivity index (χ2n) is 5.38. The van der Waals surface area contributed by atoms with Crippen LogP contribution in [0.25, 0.3) is 0 Å². The Kier molecular flexibility index (Phi) is 4.90. The number of primary amides is 1. The van der Waals surface area contributed by atoms with E-state index in [4.69, 9.17) is 11.5 Å². The van der Waals surface area contributed by atoms with Gasteiger partial charge in [-0.2, -0.15) is 0 Å². The summed E-state index contributed by atoms with van der Waals surface area (Å²) in [5.41, 5.74) is 11.1. The molecule has 0 saturated carbocycles. The van der Waals surface area contributed by atoms with E-state index < -0.39 is 21.3 Å². The standard InChI is InChI=1S/C13H21N3O3S/c1-9-4-5-10(7-14)6-11(9)20(18,19)16-8-13(2,3)12(15)17/h4-6,16H,7-8,14H2,1-3H3,(H2,15,17). The molecule has 0 radical (unpaired) electrons. The third-order valence-electron chi connectivity index (χ3n) is 3.15. The van der Waals surface area contributed by atoms with Crippen molar-refractivity contribution in [3.63, 3.8) is 0 Å². The number of nitrogens with two attached hydrogens (primary N) is 2. The highest BCUT2D eigenvalue weighted by Crippen LogP contribution is 2.19. The van der Waals surface area contributed by atoms with Gasteiger partial charge in [-0.1, -0.05) is 12.1 Å².